The van der Waals surface area contributed by atoms with Crippen LogP contribution in [0.4, 0.5) is 17.6 Å². The number of carbonyl (C=O) groups excluding carboxylic acids is 11. The van der Waals surface area contributed by atoms with Crippen LogP contribution in [0.15, 0.2) is 42.5 Å². The largest absolute Gasteiger partial charge is 0.419 e. The third kappa shape index (κ3) is 21.9. The Morgan fingerprint density at radius 3 is 1.67 bits per heavy atom. The molecule has 4 N–H and O–H groups in total. The van der Waals surface area contributed by atoms with E-state index in [4.69, 9.17) is 11.6 Å². The number of rotatable bonds is 12. The monoisotopic (exact) mass is 1310 g/mol. The number of nitrogens with one attached hydrogen (secondary N) is 4. The predicted molar refractivity (Wildman–Crippen MR) is 336 cm³/mol. The summed E-state index contributed by atoms with van der Waals surface area (Å²) in [5.74, 6) is -11.1. The summed E-state index contributed by atoms with van der Waals surface area (Å²) < 4.78 is 55.6. The highest BCUT2D eigenvalue weighted by Crippen LogP contribution is 2.32. The Bertz CT molecular complexity index is 2930. The van der Waals surface area contributed by atoms with E-state index in [1.54, 1.807) is 52.0 Å². The normalized spacial score (nSPS) is 23.6. The zero-order valence-electron chi connectivity index (χ0n) is 56.0. The summed E-state index contributed by atoms with van der Waals surface area (Å²) in [7, 11) is 9.49. The molecule has 8 atom stereocenters. The van der Waals surface area contributed by atoms with Crippen LogP contribution in [0.5, 0.6) is 0 Å². The molecule has 1 aliphatic rings. The molecule has 0 unspecified atom stereocenters. The lowest BCUT2D eigenvalue weighted by Crippen LogP contribution is -2.63. The molecule has 91 heavy (non-hydrogen) atoms. The first kappa shape index (κ1) is 77.9. The fourth-order valence-corrected chi connectivity index (χ4v) is 10.3. The second-order valence-electron chi connectivity index (χ2n) is 25.8. The van der Waals surface area contributed by atoms with Crippen LogP contribution in [-0.2, 0) is 71.8 Å². The molecule has 11 amide bonds. The molecule has 3 rings (SSSR count). The Labute approximate surface area is 538 Å². The van der Waals surface area contributed by atoms with Crippen molar-refractivity contribution in [2.24, 2.45) is 23.7 Å². The summed E-state index contributed by atoms with van der Waals surface area (Å²) in [4.78, 5) is 166. The van der Waals surface area contributed by atoms with Gasteiger partial charge >= 0.3 is 6.18 Å². The smallest absolute Gasteiger partial charge is 0.343 e. The first-order valence-electron chi connectivity index (χ1n) is 30.7. The first-order valence-corrected chi connectivity index (χ1v) is 31.0. The first-order chi connectivity index (χ1) is 42.0. The zero-order chi connectivity index (χ0) is 69.5. The van der Waals surface area contributed by atoms with Crippen LogP contribution in [0, 0.1) is 29.5 Å². The molecule has 1 aliphatic heterocycles. The molecular formula is C64H96ClF4N11O11. The van der Waals surface area contributed by atoms with Gasteiger partial charge in [0.15, 0.2) is 0 Å². The van der Waals surface area contributed by atoms with Crippen molar-refractivity contribution in [3.63, 3.8) is 0 Å². The number of halogens is 5. The van der Waals surface area contributed by atoms with Crippen molar-refractivity contribution in [1.82, 2.24) is 55.6 Å². The molecule has 0 aromatic heterocycles. The third-order valence-electron chi connectivity index (χ3n) is 16.9. The van der Waals surface area contributed by atoms with Crippen LogP contribution in [0.25, 0.3) is 0 Å². The number of carbonyl (C=O) groups is 11. The van der Waals surface area contributed by atoms with Crippen LogP contribution in [0.2, 0.25) is 5.02 Å². The zero-order valence-corrected chi connectivity index (χ0v) is 56.7. The topological polar surface area (TPSA) is 259 Å². The molecule has 0 bridgehead atoms. The highest BCUT2D eigenvalue weighted by atomic mass is 35.5. The average Bonchev–Trinajstić information content (AvgIpc) is 0.923. The molecular weight excluding hydrogens is 1210 g/mol. The summed E-state index contributed by atoms with van der Waals surface area (Å²) in [5, 5.41) is 11.2. The average molecular weight is 1310 g/mol. The van der Waals surface area contributed by atoms with E-state index >= 15 is 0 Å². The minimum absolute atomic E-state index is 0.0101. The van der Waals surface area contributed by atoms with Crippen LogP contribution >= 0.6 is 11.6 Å². The standard InChI is InChI=1S/C64H96ClF4N11O11/c1-19-39(8)55-60(89)76(14)34-52(83)74(12)35-53(84)79(17)49(32-42-20-24-43(65)25-21-42)59(88)75(13)33-50(81)70-46(27-23-41-22-26-44(45(66)31-41)64(67,68)69)56(85)72-54(38(6)7)61(90)80(18)63(10,11)62(91)71-47(28-36(2)3)58(87)77(15)40(9)30-51(82)78(16)48(29-37(4)5)57(86)73-55/h20-22,24-26,31,36-40,46-49,54-55H,19,23,27-30,32-35H2,1-18H3,(H,70,81)(H,71,91)(H,72,85)(H,73,86)/t39-,40+,46-,47-,48-,49-,54-,55-/m0/s1. The summed E-state index contributed by atoms with van der Waals surface area (Å²) in [6.45, 7) is 16.7. The van der Waals surface area contributed by atoms with E-state index < -0.39 is 162 Å². The Morgan fingerprint density at radius 2 is 1.13 bits per heavy atom. The molecule has 2 aromatic rings. The van der Waals surface area contributed by atoms with Gasteiger partial charge in [0.2, 0.25) is 65.0 Å². The van der Waals surface area contributed by atoms with E-state index in [-0.39, 0.29) is 55.9 Å². The summed E-state index contributed by atoms with van der Waals surface area (Å²) in [6.07, 6.45) is -5.38. The molecule has 508 valence electrons. The minimum Gasteiger partial charge on any atom is -0.343 e. The molecule has 0 saturated carbocycles. The number of amides is 11. The van der Waals surface area contributed by atoms with Crippen molar-refractivity contribution in [1.29, 1.82) is 0 Å². The van der Waals surface area contributed by atoms with Gasteiger partial charge in [0, 0.05) is 73.2 Å². The molecule has 1 saturated heterocycles. The fourth-order valence-electron chi connectivity index (χ4n) is 10.2. The van der Waals surface area contributed by atoms with Crippen LogP contribution in [0.3, 0.4) is 0 Å². The molecule has 27 heteroatoms. The summed E-state index contributed by atoms with van der Waals surface area (Å²) in [6, 6.07) is -0.0612. The molecule has 0 radical (unpaired) electrons. The van der Waals surface area contributed by atoms with Gasteiger partial charge in [0.1, 0.15) is 47.6 Å². The molecule has 0 aliphatic carbocycles. The van der Waals surface area contributed by atoms with E-state index in [1.165, 1.54) is 73.0 Å². The lowest BCUT2D eigenvalue weighted by atomic mass is 9.95. The van der Waals surface area contributed by atoms with Gasteiger partial charge in [0.05, 0.1) is 25.2 Å². The molecule has 1 heterocycles. The number of hydrogen-bond donors (Lipinski definition) is 4. The second-order valence-corrected chi connectivity index (χ2v) is 26.3. The lowest BCUT2D eigenvalue weighted by Gasteiger charge is -2.39. The van der Waals surface area contributed by atoms with Crippen molar-refractivity contribution < 1.29 is 70.3 Å². The van der Waals surface area contributed by atoms with Gasteiger partial charge in [-0.05, 0) is 106 Å². The molecule has 1 fully saturated rings. The van der Waals surface area contributed by atoms with Gasteiger partial charge in [0.25, 0.3) is 0 Å². The van der Waals surface area contributed by atoms with E-state index in [1.807, 2.05) is 34.6 Å². The summed E-state index contributed by atoms with van der Waals surface area (Å²) in [5.41, 5.74) is -2.72. The van der Waals surface area contributed by atoms with Gasteiger partial charge in [-0.1, -0.05) is 91.6 Å². The highest BCUT2D eigenvalue weighted by molar-refractivity contribution is 6.30. The van der Waals surface area contributed by atoms with Crippen LogP contribution < -0.4 is 21.3 Å². The highest BCUT2D eigenvalue weighted by Gasteiger charge is 2.43. The van der Waals surface area contributed by atoms with E-state index in [2.05, 4.69) is 21.3 Å². The predicted octanol–water partition coefficient (Wildman–Crippen LogP) is 4.92. The van der Waals surface area contributed by atoms with Crippen LogP contribution in [-0.4, -0.2) is 216 Å². The van der Waals surface area contributed by atoms with Crippen molar-refractivity contribution in [2.75, 3.05) is 69.0 Å². The molecule has 2 aromatic carbocycles. The molecule has 22 nitrogen and oxygen atoms in total. The number of hydrogen-bond acceptors (Lipinski definition) is 11. The van der Waals surface area contributed by atoms with Gasteiger partial charge in [-0.25, -0.2) is 4.39 Å². The Hall–Kier alpha value is -7.38. The van der Waals surface area contributed by atoms with Crippen molar-refractivity contribution in [3.8, 4) is 0 Å². The van der Waals surface area contributed by atoms with Gasteiger partial charge in [-0.3, -0.25) is 52.7 Å². The van der Waals surface area contributed by atoms with Gasteiger partial charge in [-0.15, -0.1) is 0 Å². The van der Waals surface area contributed by atoms with Gasteiger partial charge < -0.3 is 55.6 Å². The van der Waals surface area contributed by atoms with Crippen LogP contribution in [0.1, 0.15) is 125 Å². The van der Waals surface area contributed by atoms with Crippen molar-refractivity contribution in [2.45, 2.75) is 175 Å². The van der Waals surface area contributed by atoms with E-state index in [0.29, 0.717) is 29.1 Å². The van der Waals surface area contributed by atoms with E-state index in [9.17, 15) is 70.3 Å². The number of benzene rings is 2. The Kier molecular flexibility index (Phi) is 28.9. The Balaban J connectivity index is 2.23. The third-order valence-corrected chi connectivity index (χ3v) is 17.1. The maximum absolute atomic E-state index is 14.9. The second kappa shape index (κ2) is 33.8. The van der Waals surface area contributed by atoms with E-state index in [0.717, 1.165) is 30.6 Å². The molecule has 0 spiro atoms. The van der Waals surface area contributed by atoms with Gasteiger partial charge in [-0.2, -0.15) is 13.2 Å². The number of alkyl halides is 3. The number of nitrogens with zero attached hydrogens (tertiary/aromatic N) is 7. The van der Waals surface area contributed by atoms with Crippen molar-refractivity contribution >= 4 is 76.6 Å². The minimum atomic E-state index is -5.01. The lowest BCUT2D eigenvalue weighted by molar-refractivity contribution is -0.149. The Morgan fingerprint density at radius 1 is 0.593 bits per heavy atom. The maximum Gasteiger partial charge on any atom is 0.419 e. The quantitative estimate of drug-likeness (QED) is 0.207. The fraction of sp³-hybridized carbons (Fsp3) is 0.641. The maximum atomic E-state index is 14.9. The van der Waals surface area contributed by atoms with Crippen molar-refractivity contribution in [3.05, 3.63) is 70.0 Å². The SMILES string of the molecule is CC[C@H](C)[C@@H]1NC(=O)[C@H](CC(C)C)N(C)C(=O)C[C@@H](C)N(C)C(=O)[C@H](CC(C)C)NC(=O)C(C)(C)N(C)C(=O)[C@H](C(C)C)NC(=O)[C@H](CCc2ccc(C(F)(F)F)c(F)c2)NC(=O)CN(C)C(=O)[C@H](Cc2ccc(Cl)cc2)N(C)C(=O)CN(C)C(=O)CN(C)C1=O. The summed E-state index contributed by atoms with van der Waals surface area (Å²) >= 11 is 6.18. The number of likely N-dealkylation sites (N-methyl/N-ethyl adjacent to an activating group) is 7. The number of aryl methyl sites for hydroxylation is 1.